The summed E-state index contributed by atoms with van der Waals surface area (Å²) in [6.45, 7) is 8.93. The Morgan fingerprint density at radius 1 is 1.24 bits per heavy atom. The van der Waals surface area contributed by atoms with Gasteiger partial charge in [-0.1, -0.05) is 18.2 Å². The minimum absolute atomic E-state index is 0.0262. The number of anilines is 1. The summed E-state index contributed by atoms with van der Waals surface area (Å²) in [4.78, 5) is 26.5. The van der Waals surface area contributed by atoms with Gasteiger partial charge in [-0.3, -0.25) is 9.69 Å². The van der Waals surface area contributed by atoms with E-state index in [1.165, 1.54) is 6.07 Å². The van der Waals surface area contributed by atoms with Gasteiger partial charge in [-0.15, -0.1) is 0 Å². The summed E-state index contributed by atoms with van der Waals surface area (Å²) < 4.78 is 14.0. The Morgan fingerprint density at radius 2 is 2.03 bits per heavy atom. The summed E-state index contributed by atoms with van der Waals surface area (Å²) in [5.74, 6) is 1.67. The topological polar surface area (TPSA) is 49.3 Å². The van der Waals surface area contributed by atoms with Gasteiger partial charge < -0.3 is 4.90 Å². The maximum absolute atomic E-state index is 14.0. The van der Waals surface area contributed by atoms with Gasteiger partial charge in [-0.25, -0.2) is 14.4 Å². The predicted octanol–water partition coefficient (Wildman–Crippen LogP) is 3.64. The number of likely N-dealkylation sites (tertiary alicyclic amines) is 1. The molecule has 0 saturated carbocycles. The molecule has 154 valence electrons. The number of carbonyl (C=O) groups is 1. The van der Waals surface area contributed by atoms with E-state index in [4.69, 9.17) is 9.97 Å². The van der Waals surface area contributed by atoms with Crippen molar-refractivity contribution in [3.8, 4) is 0 Å². The number of hydrogen-bond donors (Lipinski definition) is 0. The smallest absolute Gasteiger partial charge is 0.232 e. The first kappa shape index (κ1) is 20.0. The van der Waals surface area contributed by atoms with Gasteiger partial charge >= 0.3 is 0 Å². The van der Waals surface area contributed by atoms with Gasteiger partial charge in [-0.2, -0.15) is 0 Å². The molecular formula is C23H29FN4O. The van der Waals surface area contributed by atoms with Crippen LogP contribution in [0.1, 0.15) is 55.3 Å². The SMILES string of the molecule is Cc1nc(C2CCCN(C(C)C)C2)nc2c1CC(=O)N2CCc1ccccc1F. The molecule has 4 rings (SSSR count). The average molecular weight is 397 g/mol. The van der Waals surface area contributed by atoms with E-state index < -0.39 is 0 Å². The van der Waals surface area contributed by atoms with Crippen molar-refractivity contribution < 1.29 is 9.18 Å². The Kier molecular flexibility index (Phi) is 5.63. The molecule has 1 atom stereocenters. The van der Waals surface area contributed by atoms with Crippen molar-refractivity contribution in [2.24, 2.45) is 0 Å². The van der Waals surface area contributed by atoms with Gasteiger partial charge in [0.15, 0.2) is 0 Å². The molecule has 29 heavy (non-hydrogen) atoms. The zero-order valence-corrected chi connectivity index (χ0v) is 17.5. The molecule has 2 aliphatic rings. The van der Waals surface area contributed by atoms with Crippen molar-refractivity contribution in [3.05, 3.63) is 52.7 Å². The second-order valence-electron chi connectivity index (χ2n) is 8.46. The molecule has 2 aliphatic heterocycles. The highest BCUT2D eigenvalue weighted by molar-refractivity contribution is 6.00. The molecule has 0 radical (unpaired) electrons. The maximum atomic E-state index is 14.0. The standard InChI is InChI=1S/C23H29FN4O/c1-15(2)27-11-6-8-18(14-27)22-25-16(3)19-13-21(29)28(23(19)26-22)12-10-17-7-4-5-9-20(17)24/h4-5,7,9,15,18H,6,8,10-14H2,1-3H3. The summed E-state index contributed by atoms with van der Waals surface area (Å²) in [6.07, 6.45) is 3.02. The molecule has 2 aromatic rings. The molecule has 1 aromatic carbocycles. The lowest BCUT2D eigenvalue weighted by atomic mass is 9.96. The average Bonchev–Trinajstić information content (AvgIpc) is 3.03. The van der Waals surface area contributed by atoms with Crippen LogP contribution in [0.15, 0.2) is 24.3 Å². The fourth-order valence-corrected chi connectivity index (χ4v) is 4.43. The van der Waals surface area contributed by atoms with Crippen LogP contribution in [0.2, 0.25) is 0 Å². The molecule has 1 aromatic heterocycles. The van der Waals surface area contributed by atoms with Crippen LogP contribution >= 0.6 is 0 Å². The van der Waals surface area contributed by atoms with Crippen LogP contribution in [0.5, 0.6) is 0 Å². The second-order valence-corrected chi connectivity index (χ2v) is 8.46. The van der Waals surface area contributed by atoms with E-state index in [2.05, 4.69) is 18.7 Å². The Bertz CT molecular complexity index is 914. The molecule has 6 heteroatoms. The van der Waals surface area contributed by atoms with Crippen molar-refractivity contribution in [2.75, 3.05) is 24.5 Å². The van der Waals surface area contributed by atoms with E-state index in [9.17, 15) is 9.18 Å². The number of fused-ring (bicyclic) bond motifs is 1. The zero-order chi connectivity index (χ0) is 20.5. The first-order valence-corrected chi connectivity index (χ1v) is 10.6. The lowest BCUT2D eigenvalue weighted by molar-refractivity contribution is -0.117. The molecule has 3 heterocycles. The summed E-state index contributed by atoms with van der Waals surface area (Å²) in [7, 11) is 0. The van der Waals surface area contributed by atoms with Crippen molar-refractivity contribution in [1.29, 1.82) is 0 Å². The third kappa shape index (κ3) is 4.04. The Hall–Kier alpha value is -2.34. The fraction of sp³-hybridized carbons (Fsp3) is 0.522. The number of halogens is 1. The number of amides is 1. The van der Waals surface area contributed by atoms with Gasteiger partial charge in [0.2, 0.25) is 5.91 Å². The molecule has 1 fully saturated rings. The van der Waals surface area contributed by atoms with Crippen molar-refractivity contribution in [1.82, 2.24) is 14.9 Å². The fourth-order valence-electron chi connectivity index (χ4n) is 4.43. The van der Waals surface area contributed by atoms with Crippen LogP contribution in [0.3, 0.4) is 0 Å². The summed E-state index contributed by atoms with van der Waals surface area (Å²) in [6, 6.07) is 7.25. The molecule has 5 nitrogen and oxygen atoms in total. The van der Waals surface area contributed by atoms with Crippen LogP contribution in [0, 0.1) is 12.7 Å². The van der Waals surface area contributed by atoms with E-state index in [-0.39, 0.29) is 11.7 Å². The van der Waals surface area contributed by atoms with E-state index in [1.807, 2.05) is 13.0 Å². The van der Waals surface area contributed by atoms with Gasteiger partial charge in [0.1, 0.15) is 17.5 Å². The number of rotatable bonds is 5. The molecule has 1 unspecified atom stereocenters. The number of carbonyl (C=O) groups excluding carboxylic acids is 1. The van der Waals surface area contributed by atoms with Crippen LogP contribution in [-0.4, -0.2) is 46.5 Å². The Labute approximate surface area is 172 Å². The first-order chi connectivity index (χ1) is 13.9. The zero-order valence-electron chi connectivity index (χ0n) is 17.5. The number of benzene rings is 1. The Balaban J connectivity index is 1.58. The maximum Gasteiger partial charge on any atom is 0.232 e. The highest BCUT2D eigenvalue weighted by Crippen LogP contribution is 2.33. The summed E-state index contributed by atoms with van der Waals surface area (Å²) in [5, 5.41) is 0. The number of piperidine rings is 1. The van der Waals surface area contributed by atoms with E-state index in [0.717, 1.165) is 48.8 Å². The van der Waals surface area contributed by atoms with Crippen LogP contribution in [0.25, 0.3) is 0 Å². The molecule has 0 N–H and O–H groups in total. The Morgan fingerprint density at radius 3 is 2.79 bits per heavy atom. The largest absolute Gasteiger partial charge is 0.300 e. The van der Waals surface area contributed by atoms with Crippen molar-refractivity contribution >= 4 is 11.7 Å². The molecule has 1 amide bonds. The third-order valence-corrected chi connectivity index (χ3v) is 6.20. The normalized spacial score (nSPS) is 19.8. The molecular weight excluding hydrogens is 367 g/mol. The highest BCUT2D eigenvalue weighted by Gasteiger charge is 2.33. The lowest BCUT2D eigenvalue weighted by Gasteiger charge is -2.35. The quantitative estimate of drug-likeness (QED) is 0.774. The van der Waals surface area contributed by atoms with E-state index in [0.29, 0.717) is 36.9 Å². The van der Waals surface area contributed by atoms with Crippen LogP contribution < -0.4 is 4.90 Å². The van der Waals surface area contributed by atoms with Crippen LogP contribution in [0.4, 0.5) is 10.2 Å². The number of hydrogen-bond acceptors (Lipinski definition) is 4. The monoisotopic (exact) mass is 396 g/mol. The molecule has 0 aliphatic carbocycles. The minimum atomic E-state index is -0.227. The number of aromatic nitrogens is 2. The van der Waals surface area contributed by atoms with Gasteiger partial charge in [-0.05, 0) is 58.2 Å². The van der Waals surface area contributed by atoms with Gasteiger partial charge in [0.25, 0.3) is 0 Å². The first-order valence-electron chi connectivity index (χ1n) is 10.6. The second kappa shape index (κ2) is 8.19. The predicted molar refractivity (Wildman–Crippen MR) is 112 cm³/mol. The van der Waals surface area contributed by atoms with Gasteiger partial charge in [0, 0.05) is 36.3 Å². The number of aryl methyl sites for hydroxylation is 1. The number of nitrogens with zero attached hydrogens (tertiary/aromatic N) is 4. The van der Waals surface area contributed by atoms with E-state index >= 15 is 0 Å². The highest BCUT2D eigenvalue weighted by atomic mass is 19.1. The van der Waals surface area contributed by atoms with Crippen molar-refractivity contribution in [3.63, 3.8) is 0 Å². The third-order valence-electron chi connectivity index (χ3n) is 6.20. The van der Waals surface area contributed by atoms with Crippen molar-refractivity contribution in [2.45, 2.75) is 58.4 Å². The molecule has 1 saturated heterocycles. The minimum Gasteiger partial charge on any atom is -0.300 e. The van der Waals surface area contributed by atoms with Gasteiger partial charge in [0.05, 0.1) is 6.42 Å². The van der Waals surface area contributed by atoms with Crippen LogP contribution in [-0.2, 0) is 17.6 Å². The lowest BCUT2D eigenvalue weighted by Crippen LogP contribution is -2.39. The summed E-state index contributed by atoms with van der Waals surface area (Å²) in [5.41, 5.74) is 2.44. The molecule has 0 spiro atoms. The molecule has 0 bridgehead atoms. The summed E-state index contributed by atoms with van der Waals surface area (Å²) >= 11 is 0. The van der Waals surface area contributed by atoms with E-state index in [1.54, 1.807) is 17.0 Å².